The first kappa shape index (κ1) is 29.3. The predicted molar refractivity (Wildman–Crippen MR) is 134 cm³/mol. The van der Waals surface area contributed by atoms with Crippen LogP contribution in [-0.2, 0) is 9.47 Å². The van der Waals surface area contributed by atoms with Gasteiger partial charge in [0.05, 0.1) is 35.6 Å². The monoisotopic (exact) mass is 522 g/mol. The fraction of sp³-hybridized carbons (Fsp3) is 0. The second-order valence-electron chi connectivity index (χ2n) is 7.14. The molecule has 37 heavy (non-hydrogen) atoms. The third-order valence-electron chi connectivity index (χ3n) is 5.09. The molecule has 0 N–H and O–H groups in total. The molecule has 4 aromatic rings. The van der Waals surface area contributed by atoms with Gasteiger partial charge in [0.15, 0.2) is 0 Å². The Morgan fingerprint density at radius 2 is 0.946 bits per heavy atom. The van der Waals surface area contributed by atoms with E-state index in [0.717, 1.165) is 23.3 Å². The van der Waals surface area contributed by atoms with Crippen molar-refractivity contribution in [3.63, 3.8) is 0 Å². The van der Waals surface area contributed by atoms with Gasteiger partial charge in [-0.25, -0.2) is 9.59 Å². The number of ether oxygens (including phenoxy) is 2. The molecule has 0 heterocycles. The fourth-order valence-corrected chi connectivity index (χ4v) is 3.59. The van der Waals surface area contributed by atoms with Crippen LogP contribution in [0.4, 0.5) is 0 Å². The van der Waals surface area contributed by atoms with Gasteiger partial charge in [-0.3, -0.25) is 0 Å². The van der Waals surface area contributed by atoms with E-state index in [-0.39, 0.29) is 60.0 Å². The number of fused-ring (bicyclic) bond motifs is 2. The van der Waals surface area contributed by atoms with Gasteiger partial charge in [-0.2, -0.15) is 0 Å². The molecule has 8 nitrogen and oxygen atoms in total. The number of carbonyl (C=O) groups excluding carboxylic acids is 4. The van der Waals surface area contributed by atoms with Gasteiger partial charge in [-0.1, -0.05) is 86.0 Å². The molecule has 4 aromatic carbocycles. The second-order valence-corrected chi connectivity index (χ2v) is 7.14. The van der Waals surface area contributed by atoms with E-state index in [2.05, 4.69) is 22.6 Å². The largest absolute Gasteiger partial charge is 2.00 e. The normalized spacial score (nSPS) is 9.73. The Balaban J connectivity index is 0.000000253. The van der Waals surface area contributed by atoms with E-state index in [1.54, 1.807) is 60.7 Å². The van der Waals surface area contributed by atoms with Crippen LogP contribution in [0.2, 0.25) is 0 Å². The van der Waals surface area contributed by atoms with Gasteiger partial charge in [-0.15, -0.1) is 0 Å². The van der Waals surface area contributed by atoms with E-state index < -0.39 is 23.9 Å². The Morgan fingerprint density at radius 1 is 0.595 bits per heavy atom. The molecule has 180 valence electrons. The van der Waals surface area contributed by atoms with Gasteiger partial charge < -0.3 is 29.3 Å². The molecule has 0 atom stereocenters. The summed E-state index contributed by atoms with van der Waals surface area (Å²) in [4.78, 5) is 45.7. The van der Waals surface area contributed by atoms with Crippen molar-refractivity contribution < 1.29 is 38.9 Å². The zero-order chi connectivity index (χ0) is 26.2. The molecular weight excluding hydrogens is 504 g/mol. The molecule has 0 saturated heterocycles. The van der Waals surface area contributed by atoms with Gasteiger partial charge in [0.1, 0.15) is 0 Å². The summed E-state index contributed by atoms with van der Waals surface area (Å²) in [6.45, 7) is 6.55. The summed E-state index contributed by atoms with van der Waals surface area (Å²) in [5.41, 5.74) is -0.429. The van der Waals surface area contributed by atoms with Crippen LogP contribution in [-0.4, -0.2) is 61.6 Å². The Labute approximate surface area is 241 Å². The Morgan fingerprint density at radius 3 is 1.27 bits per heavy atom. The third kappa shape index (κ3) is 6.62. The maximum Gasteiger partial charge on any atom is 2.00 e. The zero-order valence-corrected chi connectivity index (χ0v) is 21.7. The predicted octanol–water partition coefficient (Wildman–Crippen LogP) is 2.63. The zero-order valence-electron chi connectivity index (χ0n) is 19.5. The summed E-state index contributed by atoms with van der Waals surface area (Å²) >= 11 is 0. The first-order valence-electron chi connectivity index (χ1n) is 10.4. The SMILES string of the molecule is C=COC(=O)c1c(C(=O)[O-])ccc2ccccc12.C=COC(=O)c1c(C(=O)[O-])ccc2ccccc12.[Ca+2]. The van der Waals surface area contributed by atoms with Crippen LogP contribution in [0.15, 0.2) is 98.5 Å². The Kier molecular flexibility index (Phi) is 10.6. The number of aromatic carboxylic acids is 2. The van der Waals surface area contributed by atoms with E-state index in [1.807, 2.05) is 0 Å². The molecular formula is C28H18CaO8. The maximum absolute atomic E-state index is 11.8. The van der Waals surface area contributed by atoms with Gasteiger partial charge in [-0.05, 0) is 21.5 Å². The standard InChI is InChI=1S/2C14H10O4.Ca/c2*1-2-18-14(17)12-10-6-4-3-5-9(10)7-8-11(12)13(15)16;/h2*2-8H,1H2,(H,15,16);/q;;+2/p-2. The van der Waals surface area contributed by atoms with Gasteiger partial charge in [0.2, 0.25) is 0 Å². The van der Waals surface area contributed by atoms with E-state index in [4.69, 9.17) is 0 Å². The van der Waals surface area contributed by atoms with Crippen molar-refractivity contribution in [2.24, 2.45) is 0 Å². The number of hydrogen-bond donors (Lipinski definition) is 0. The van der Waals surface area contributed by atoms with E-state index >= 15 is 0 Å². The quantitative estimate of drug-likeness (QED) is 0.214. The van der Waals surface area contributed by atoms with Gasteiger partial charge >= 0.3 is 49.7 Å². The van der Waals surface area contributed by atoms with Gasteiger partial charge in [0.25, 0.3) is 0 Å². The van der Waals surface area contributed by atoms with Crippen LogP contribution in [0.25, 0.3) is 21.5 Å². The van der Waals surface area contributed by atoms with Crippen molar-refractivity contribution >= 4 is 83.2 Å². The molecule has 0 bridgehead atoms. The van der Waals surface area contributed by atoms with Crippen molar-refractivity contribution in [2.45, 2.75) is 0 Å². The number of esters is 2. The van der Waals surface area contributed by atoms with Crippen LogP contribution in [0, 0.1) is 0 Å². The molecule has 0 aromatic heterocycles. The molecule has 0 unspecified atom stereocenters. The summed E-state index contributed by atoms with van der Waals surface area (Å²) in [6, 6.07) is 19.8. The van der Waals surface area contributed by atoms with Crippen LogP contribution < -0.4 is 10.2 Å². The summed E-state index contributed by atoms with van der Waals surface area (Å²) in [6.07, 6.45) is 1.92. The van der Waals surface area contributed by atoms with Crippen molar-refractivity contribution in [3.05, 3.63) is 121 Å². The molecule has 0 aliphatic heterocycles. The van der Waals surface area contributed by atoms with Crippen molar-refractivity contribution in [2.75, 3.05) is 0 Å². The average Bonchev–Trinajstić information content (AvgIpc) is 2.87. The van der Waals surface area contributed by atoms with E-state index in [1.165, 1.54) is 12.1 Å². The molecule has 0 aliphatic rings. The van der Waals surface area contributed by atoms with Crippen LogP contribution >= 0.6 is 0 Å². The minimum absolute atomic E-state index is 0. The number of benzene rings is 4. The molecule has 9 heteroatoms. The minimum Gasteiger partial charge on any atom is -0.545 e. The summed E-state index contributed by atoms with van der Waals surface area (Å²) in [5, 5.41) is 24.6. The Bertz CT molecular complexity index is 1410. The van der Waals surface area contributed by atoms with Gasteiger partial charge in [0, 0.05) is 11.1 Å². The van der Waals surface area contributed by atoms with E-state index in [0.29, 0.717) is 10.8 Å². The molecule has 0 fully saturated rings. The number of carbonyl (C=O) groups is 4. The number of carboxylic acid groups (broad SMARTS) is 2. The first-order chi connectivity index (χ1) is 17.3. The molecule has 0 spiro atoms. The topological polar surface area (TPSA) is 133 Å². The molecule has 0 saturated carbocycles. The van der Waals surface area contributed by atoms with Crippen LogP contribution in [0.5, 0.6) is 0 Å². The first-order valence-corrected chi connectivity index (χ1v) is 10.4. The van der Waals surface area contributed by atoms with Crippen molar-refractivity contribution in [1.82, 2.24) is 0 Å². The average molecular weight is 523 g/mol. The second kappa shape index (κ2) is 13.4. The molecule has 0 radical (unpaired) electrons. The van der Waals surface area contributed by atoms with E-state index in [9.17, 15) is 29.4 Å². The Hall–Kier alpha value is -3.98. The minimum atomic E-state index is -1.42. The summed E-state index contributed by atoms with van der Waals surface area (Å²) in [5.74, 6) is -4.37. The molecule has 0 amide bonds. The maximum atomic E-state index is 11.8. The number of rotatable bonds is 6. The molecule has 0 aliphatic carbocycles. The van der Waals surface area contributed by atoms with Crippen molar-refractivity contribution in [1.29, 1.82) is 0 Å². The summed E-state index contributed by atoms with van der Waals surface area (Å²) in [7, 11) is 0. The van der Waals surface area contributed by atoms with Crippen LogP contribution in [0.1, 0.15) is 41.4 Å². The smallest absolute Gasteiger partial charge is 0.545 e. The number of carboxylic acids is 2. The third-order valence-corrected chi connectivity index (χ3v) is 5.09. The molecule has 4 rings (SSSR count). The van der Waals surface area contributed by atoms with Crippen LogP contribution in [0.3, 0.4) is 0 Å². The van der Waals surface area contributed by atoms with Crippen molar-refractivity contribution in [3.8, 4) is 0 Å². The number of hydrogen-bond acceptors (Lipinski definition) is 8. The summed E-state index contributed by atoms with van der Waals surface area (Å²) < 4.78 is 9.32. The fourth-order valence-electron chi connectivity index (χ4n) is 3.59.